The van der Waals surface area contributed by atoms with Crippen LogP contribution in [0.15, 0.2) is 17.6 Å². The van der Waals surface area contributed by atoms with E-state index in [1.165, 1.54) is 31.5 Å². The van der Waals surface area contributed by atoms with Crippen molar-refractivity contribution >= 4 is 11.8 Å². The van der Waals surface area contributed by atoms with Gasteiger partial charge < -0.3 is 10.6 Å². The van der Waals surface area contributed by atoms with Crippen LogP contribution in [0.4, 0.5) is 0 Å². The zero-order chi connectivity index (χ0) is 12.6. The van der Waals surface area contributed by atoms with Crippen LogP contribution in [-0.2, 0) is 6.54 Å². The Bertz CT molecular complexity index is 335. The fourth-order valence-electron chi connectivity index (χ4n) is 2.14. The van der Waals surface area contributed by atoms with Crippen molar-refractivity contribution in [3.63, 3.8) is 0 Å². The minimum atomic E-state index is 0.821. The second kappa shape index (κ2) is 7.71. The van der Waals surface area contributed by atoms with Gasteiger partial charge in [0.05, 0.1) is 0 Å². The summed E-state index contributed by atoms with van der Waals surface area (Å²) in [5.74, 6) is 1.84. The fraction of sp³-hybridized carbons (Fsp3) is 0.692. The lowest BCUT2D eigenvalue weighted by atomic mass is 9.98. The van der Waals surface area contributed by atoms with E-state index in [1.807, 2.05) is 12.4 Å². The Hall–Kier alpha value is -0.650. The number of hydrogen-bond donors (Lipinski definition) is 2. The summed E-state index contributed by atoms with van der Waals surface area (Å²) in [5, 5.41) is 7.77. The molecular weight excluding hydrogens is 244 g/mol. The lowest BCUT2D eigenvalue weighted by Crippen LogP contribution is -2.33. The molecule has 0 aromatic carbocycles. The second-order valence-corrected chi connectivity index (χ2v) is 5.86. The summed E-state index contributed by atoms with van der Waals surface area (Å²) in [4.78, 5) is 8.67. The van der Waals surface area contributed by atoms with E-state index < -0.39 is 0 Å². The van der Waals surface area contributed by atoms with E-state index in [0.29, 0.717) is 0 Å². The summed E-state index contributed by atoms with van der Waals surface area (Å²) in [6, 6.07) is 0. The molecule has 5 heteroatoms. The molecule has 0 amide bonds. The lowest BCUT2D eigenvalue weighted by molar-refractivity contribution is 0.356. The van der Waals surface area contributed by atoms with Gasteiger partial charge in [0.1, 0.15) is 0 Å². The Morgan fingerprint density at radius 1 is 1.33 bits per heavy atom. The molecule has 1 saturated heterocycles. The molecule has 0 saturated carbocycles. The highest BCUT2D eigenvalue weighted by Crippen LogP contribution is 2.12. The predicted octanol–water partition coefficient (Wildman–Crippen LogP) is 1.68. The standard InChI is InChI=1S/C13H22N4S/c1-2-18-13-16-9-12(10-17-13)8-15-7-11-3-5-14-6-4-11/h9-11,14-15H,2-8H2,1H3. The summed E-state index contributed by atoms with van der Waals surface area (Å²) >= 11 is 1.68. The van der Waals surface area contributed by atoms with Crippen LogP contribution in [-0.4, -0.2) is 35.4 Å². The van der Waals surface area contributed by atoms with Crippen LogP contribution in [0.2, 0.25) is 0 Å². The molecule has 2 rings (SSSR count). The smallest absolute Gasteiger partial charge is 0.187 e. The molecule has 0 radical (unpaired) electrons. The van der Waals surface area contributed by atoms with Crippen LogP contribution in [0.3, 0.4) is 0 Å². The topological polar surface area (TPSA) is 49.8 Å². The van der Waals surface area contributed by atoms with Crippen LogP contribution in [0.1, 0.15) is 25.3 Å². The third kappa shape index (κ3) is 4.55. The van der Waals surface area contributed by atoms with Gasteiger partial charge in [0.25, 0.3) is 0 Å². The highest BCUT2D eigenvalue weighted by molar-refractivity contribution is 7.99. The molecule has 1 fully saturated rings. The van der Waals surface area contributed by atoms with Crippen molar-refractivity contribution in [1.29, 1.82) is 0 Å². The van der Waals surface area contributed by atoms with E-state index in [-0.39, 0.29) is 0 Å². The molecule has 0 aliphatic carbocycles. The Morgan fingerprint density at radius 3 is 2.72 bits per heavy atom. The maximum absolute atomic E-state index is 4.34. The van der Waals surface area contributed by atoms with E-state index in [9.17, 15) is 0 Å². The molecule has 100 valence electrons. The molecule has 1 aromatic heterocycles. The predicted molar refractivity (Wildman–Crippen MR) is 75.7 cm³/mol. The molecule has 0 spiro atoms. The summed E-state index contributed by atoms with van der Waals surface area (Å²) < 4.78 is 0. The lowest BCUT2D eigenvalue weighted by Gasteiger charge is -2.22. The Labute approximate surface area is 113 Å². The molecule has 2 N–H and O–H groups in total. The van der Waals surface area contributed by atoms with Crippen LogP contribution >= 0.6 is 11.8 Å². The average molecular weight is 266 g/mol. The second-order valence-electron chi connectivity index (χ2n) is 4.63. The Kier molecular flexibility index (Phi) is 5.90. The molecule has 1 aromatic rings. The van der Waals surface area contributed by atoms with Crippen LogP contribution < -0.4 is 10.6 Å². The first-order valence-electron chi connectivity index (χ1n) is 6.73. The molecule has 4 nitrogen and oxygen atoms in total. The minimum Gasteiger partial charge on any atom is -0.317 e. The van der Waals surface area contributed by atoms with Gasteiger partial charge in [-0.15, -0.1) is 0 Å². The molecule has 18 heavy (non-hydrogen) atoms. The van der Waals surface area contributed by atoms with Gasteiger partial charge in [-0.05, 0) is 44.1 Å². The average Bonchev–Trinajstić information content (AvgIpc) is 2.42. The highest BCUT2D eigenvalue weighted by atomic mass is 32.2. The zero-order valence-electron chi connectivity index (χ0n) is 11.0. The first-order chi connectivity index (χ1) is 8.88. The van der Waals surface area contributed by atoms with Crippen molar-refractivity contribution in [2.24, 2.45) is 5.92 Å². The number of aromatic nitrogens is 2. The number of nitrogens with one attached hydrogen (secondary N) is 2. The van der Waals surface area contributed by atoms with E-state index >= 15 is 0 Å². The number of thioether (sulfide) groups is 1. The number of nitrogens with zero attached hydrogens (tertiary/aromatic N) is 2. The first kappa shape index (κ1) is 13.8. The molecule has 0 unspecified atom stereocenters. The van der Waals surface area contributed by atoms with Crippen molar-refractivity contribution < 1.29 is 0 Å². The summed E-state index contributed by atoms with van der Waals surface area (Å²) in [6.45, 7) is 6.42. The Morgan fingerprint density at radius 2 is 2.06 bits per heavy atom. The quantitative estimate of drug-likeness (QED) is 0.606. The van der Waals surface area contributed by atoms with Crippen LogP contribution in [0.25, 0.3) is 0 Å². The van der Waals surface area contributed by atoms with E-state index in [1.54, 1.807) is 11.8 Å². The summed E-state index contributed by atoms with van der Waals surface area (Å²) in [5.41, 5.74) is 1.17. The SMILES string of the molecule is CCSc1ncc(CNCC2CCNCC2)cn1. The van der Waals surface area contributed by atoms with Gasteiger partial charge in [-0.25, -0.2) is 9.97 Å². The third-order valence-electron chi connectivity index (χ3n) is 3.18. The van der Waals surface area contributed by atoms with Gasteiger partial charge in [0.15, 0.2) is 5.16 Å². The largest absolute Gasteiger partial charge is 0.317 e. The van der Waals surface area contributed by atoms with Crippen LogP contribution in [0, 0.1) is 5.92 Å². The van der Waals surface area contributed by atoms with Gasteiger partial charge in [-0.2, -0.15) is 0 Å². The monoisotopic (exact) mass is 266 g/mol. The van der Waals surface area contributed by atoms with Crippen LogP contribution in [0.5, 0.6) is 0 Å². The summed E-state index contributed by atoms with van der Waals surface area (Å²) in [7, 11) is 0. The van der Waals surface area contributed by atoms with E-state index in [4.69, 9.17) is 0 Å². The van der Waals surface area contributed by atoms with Gasteiger partial charge in [-0.3, -0.25) is 0 Å². The normalized spacial score (nSPS) is 16.9. The highest BCUT2D eigenvalue weighted by Gasteiger charge is 2.11. The van der Waals surface area contributed by atoms with Crippen molar-refractivity contribution in [2.75, 3.05) is 25.4 Å². The Balaban J connectivity index is 1.69. The maximum atomic E-state index is 4.34. The number of rotatable bonds is 6. The molecule has 1 aliphatic rings. The van der Waals surface area contributed by atoms with E-state index in [0.717, 1.165) is 29.9 Å². The van der Waals surface area contributed by atoms with Crippen molar-refractivity contribution in [3.8, 4) is 0 Å². The number of hydrogen-bond acceptors (Lipinski definition) is 5. The molecular formula is C13H22N4S. The molecule has 0 bridgehead atoms. The first-order valence-corrected chi connectivity index (χ1v) is 7.72. The van der Waals surface area contributed by atoms with Crippen molar-refractivity contribution in [2.45, 2.75) is 31.5 Å². The maximum Gasteiger partial charge on any atom is 0.187 e. The van der Waals surface area contributed by atoms with Gasteiger partial charge in [0, 0.05) is 24.5 Å². The van der Waals surface area contributed by atoms with Crippen molar-refractivity contribution in [1.82, 2.24) is 20.6 Å². The van der Waals surface area contributed by atoms with Gasteiger partial charge in [-0.1, -0.05) is 18.7 Å². The van der Waals surface area contributed by atoms with Crippen molar-refractivity contribution in [3.05, 3.63) is 18.0 Å². The molecule has 1 aliphatic heterocycles. The fourth-order valence-corrected chi connectivity index (χ4v) is 2.66. The third-order valence-corrected chi connectivity index (χ3v) is 3.93. The van der Waals surface area contributed by atoms with Gasteiger partial charge in [0.2, 0.25) is 0 Å². The zero-order valence-corrected chi connectivity index (χ0v) is 11.8. The minimum absolute atomic E-state index is 0.821. The summed E-state index contributed by atoms with van der Waals surface area (Å²) in [6.07, 6.45) is 6.44. The molecule has 0 atom stereocenters. The van der Waals surface area contributed by atoms with Gasteiger partial charge >= 0.3 is 0 Å². The van der Waals surface area contributed by atoms with E-state index in [2.05, 4.69) is 27.5 Å². The number of piperidine rings is 1. The molecule has 2 heterocycles.